The maximum atomic E-state index is 10.8. The van der Waals surface area contributed by atoms with Crippen molar-refractivity contribution < 1.29 is 4.92 Å². The molecule has 92 valence electrons. The summed E-state index contributed by atoms with van der Waals surface area (Å²) in [7, 11) is 0. The Hall–Kier alpha value is -0.940. The van der Waals surface area contributed by atoms with Crippen molar-refractivity contribution in [3.63, 3.8) is 0 Å². The Balaban J connectivity index is 2.15. The summed E-state index contributed by atoms with van der Waals surface area (Å²) in [5.41, 5.74) is 1.16. The Labute approximate surface area is 109 Å². The summed E-state index contributed by atoms with van der Waals surface area (Å²) in [6, 6.07) is 6.05. The zero-order valence-electron chi connectivity index (χ0n) is 9.73. The van der Waals surface area contributed by atoms with Crippen LogP contribution in [0.15, 0.2) is 22.7 Å². The topological polar surface area (TPSA) is 46.4 Å². The summed E-state index contributed by atoms with van der Waals surface area (Å²) in [5, 5.41) is 10.8. The van der Waals surface area contributed by atoms with Gasteiger partial charge >= 0.3 is 0 Å². The van der Waals surface area contributed by atoms with Gasteiger partial charge in [0.25, 0.3) is 5.69 Å². The first-order valence-corrected chi connectivity index (χ1v) is 6.58. The van der Waals surface area contributed by atoms with E-state index in [4.69, 9.17) is 0 Å². The van der Waals surface area contributed by atoms with Gasteiger partial charge in [0.1, 0.15) is 0 Å². The molecule has 0 radical (unpaired) electrons. The summed E-state index contributed by atoms with van der Waals surface area (Å²) >= 11 is 3.20. The molecule has 0 aliphatic heterocycles. The zero-order valence-corrected chi connectivity index (χ0v) is 11.3. The van der Waals surface area contributed by atoms with Crippen LogP contribution in [0, 0.1) is 10.1 Å². The van der Waals surface area contributed by atoms with Crippen LogP contribution in [0.4, 0.5) is 5.69 Å². The predicted octanol–water partition coefficient (Wildman–Crippen LogP) is 3.34. The molecule has 0 atom stereocenters. The average molecular weight is 299 g/mol. The fourth-order valence-electron chi connectivity index (χ4n) is 1.97. The van der Waals surface area contributed by atoms with Crippen LogP contribution < -0.4 is 0 Å². The lowest BCUT2D eigenvalue weighted by Crippen LogP contribution is -2.24. The quantitative estimate of drug-likeness (QED) is 0.619. The first kappa shape index (κ1) is 12.5. The minimum atomic E-state index is -0.346. The van der Waals surface area contributed by atoms with Gasteiger partial charge < -0.3 is 0 Å². The first-order valence-electron chi connectivity index (χ1n) is 5.78. The van der Waals surface area contributed by atoms with Crippen LogP contribution in [-0.2, 0) is 6.54 Å². The summed E-state index contributed by atoms with van der Waals surface area (Å²) in [5.74, 6) is 0. The van der Waals surface area contributed by atoms with Crippen molar-refractivity contribution in [2.45, 2.75) is 32.4 Å². The van der Waals surface area contributed by atoms with Gasteiger partial charge in [0.2, 0.25) is 0 Å². The van der Waals surface area contributed by atoms with Gasteiger partial charge in [-0.05, 0) is 46.9 Å². The third-order valence-electron chi connectivity index (χ3n) is 3.06. The Morgan fingerprint density at radius 2 is 2.24 bits per heavy atom. The van der Waals surface area contributed by atoms with E-state index in [2.05, 4.69) is 27.8 Å². The molecule has 1 fully saturated rings. The maximum Gasteiger partial charge on any atom is 0.283 e. The normalized spacial score (nSPS) is 15.2. The second-order valence-electron chi connectivity index (χ2n) is 4.34. The van der Waals surface area contributed by atoms with E-state index in [1.807, 2.05) is 6.07 Å². The lowest BCUT2D eigenvalue weighted by atomic mass is 10.2. The highest BCUT2D eigenvalue weighted by molar-refractivity contribution is 9.10. The molecule has 0 bridgehead atoms. The van der Waals surface area contributed by atoms with E-state index >= 15 is 0 Å². The second kappa shape index (κ2) is 5.14. The fraction of sp³-hybridized carbons (Fsp3) is 0.500. The molecule has 1 aliphatic rings. The fourth-order valence-corrected chi connectivity index (χ4v) is 2.36. The summed E-state index contributed by atoms with van der Waals surface area (Å²) in [6.07, 6.45) is 2.51. The summed E-state index contributed by atoms with van der Waals surface area (Å²) in [6.45, 7) is 3.93. The van der Waals surface area contributed by atoms with Gasteiger partial charge in [-0.15, -0.1) is 0 Å². The molecule has 1 aliphatic carbocycles. The highest BCUT2D eigenvalue weighted by atomic mass is 79.9. The van der Waals surface area contributed by atoms with Crippen molar-refractivity contribution in [1.82, 2.24) is 4.90 Å². The van der Waals surface area contributed by atoms with Crippen LogP contribution in [0.5, 0.6) is 0 Å². The minimum absolute atomic E-state index is 0.148. The van der Waals surface area contributed by atoms with E-state index in [9.17, 15) is 10.1 Å². The van der Waals surface area contributed by atoms with Crippen LogP contribution in [0.3, 0.4) is 0 Å². The van der Waals surface area contributed by atoms with Crippen molar-refractivity contribution in [3.8, 4) is 0 Å². The van der Waals surface area contributed by atoms with E-state index in [1.165, 1.54) is 12.8 Å². The third kappa shape index (κ3) is 3.04. The molecule has 1 aromatic rings. The molecule has 0 saturated heterocycles. The molecule has 1 aromatic carbocycles. The lowest BCUT2D eigenvalue weighted by molar-refractivity contribution is -0.385. The number of hydrogen-bond donors (Lipinski definition) is 0. The number of nitro groups is 1. The number of benzene rings is 1. The van der Waals surface area contributed by atoms with E-state index < -0.39 is 0 Å². The van der Waals surface area contributed by atoms with Crippen LogP contribution in [0.25, 0.3) is 0 Å². The zero-order chi connectivity index (χ0) is 12.4. The van der Waals surface area contributed by atoms with Gasteiger partial charge in [-0.1, -0.05) is 13.0 Å². The smallest absolute Gasteiger partial charge is 0.283 e. The van der Waals surface area contributed by atoms with Crippen molar-refractivity contribution in [3.05, 3.63) is 38.3 Å². The minimum Gasteiger partial charge on any atom is -0.296 e. The van der Waals surface area contributed by atoms with Crippen molar-refractivity contribution in [2.75, 3.05) is 6.54 Å². The van der Waals surface area contributed by atoms with Crippen LogP contribution in [0.2, 0.25) is 0 Å². The molecule has 0 amide bonds. The van der Waals surface area contributed by atoms with E-state index in [-0.39, 0.29) is 10.6 Å². The Morgan fingerprint density at radius 3 is 2.76 bits per heavy atom. The van der Waals surface area contributed by atoms with Crippen molar-refractivity contribution in [1.29, 1.82) is 0 Å². The molecule has 4 nitrogen and oxygen atoms in total. The predicted molar refractivity (Wildman–Crippen MR) is 69.9 cm³/mol. The molecule has 0 unspecified atom stereocenters. The number of nitro benzene ring substituents is 1. The average Bonchev–Trinajstić information content (AvgIpc) is 3.11. The third-order valence-corrected chi connectivity index (χ3v) is 3.73. The van der Waals surface area contributed by atoms with Crippen molar-refractivity contribution >= 4 is 21.6 Å². The molecule has 0 aromatic heterocycles. The van der Waals surface area contributed by atoms with E-state index in [1.54, 1.807) is 12.1 Å². The van der Waals surface area contributed by atoms with Gasteiger partial charge in [-0.25, -0.2) is 0 Å². The Kier molecular flexibility index (Phi) is 3.79. The summed E-state index contributed by atoms with van der Waals surface area (Å²) < 4.78 is 0.542. The monoisotopic (exact) mass is 298 g/mol. The molecular formula is C12H15BrN2O2. The Morgan fingerprint density at radius 1 is 1.53 bits per heavy atom. The van der Waals surface area contributed by atoms with Gasteiger partial charge in [-0.3, -0.25) is 15.0 Å². The molecular weight excluding hydrogens is 284 g/mol. The highest BCUT2D eigenvalue weighted by Crippen LogP contribution is 2.30. The molecule has 17 heavy (non-hydrogen) atoms. The molecule has 0 heterocycles. The molecule has 0 spiro atoms. The lowest BCUT2D eigenvalue weighted by Gasteiger charge is -2.19. The Bertz CT molecular complexity index is 433. The maximum absolute atomic E-state index is 10.8. The first-order chi connectivity index (χ1) is 8.11. The van der Waals surface area contributed by atoms with Crippen LogP contribution >= 0.6 is 15.9 Å². The summed E-state index contributed by atoms with van der Waals surface area (Å²) in [4.78, 5) is 12.9. The van der Waals surface area contributed by atoms with Crippen molar-refractivity contribution in [2.24, 2.45) is 0 Å². The van der Waals surface area contributed by atoms with Gasteiger partial charge in [0, 0.05) is 18.7 Å². The van der Waals surface area contributed by atoms with E-state index in [0.717, 1.165) is 18.7 Å². The second-order valence-corrected chi connectivity index (χ2v) is 5.19. The van der Waals surface area contributed by atoms with Gasteiger partial charge in [0.05, 0.1) is 9.40 Å². The van der Waals surface area contributed by atoms with Crippen LogP contribution in [0.1, 0.15) is 25.3 Å². The van der Waals surface area contributed by atoms with Gasteiger partial charge in [-0.2, -0.15) is 0 Å². The SMILES string of the molecule is CCN(Cc1ccc(Br)c([N+](=O)[O-])c1)C1CC1. The number of rotatable bonds is 5. The number of halogens is 1. The highest BCUT2D eigenvalue weighted by Gasteiger charge is 2.28. The van der Waals surface area contributed by atoms with Gasteiger partial charge in [0.15, 0.2) is 0 Å². The molecule has 5 heteroatoms. The van der Waals surface area contributed by atoms with Crippen LogP contribution in [-0.4, -0.2) is 22.4 Å². The largest absolute Gasteiger partial charge is 0.296 e. The molecule has 0 N–H and O–H groups in total. The molecule has 2 rings (SSSR count). The standard InChI is InChI=1S/C12H15BrN2O2/c1-2-14(10-4-5-10)8-9-3-6-11(13)12(7-9)15(16)17/h3,6-7,10H,2,4-5,8H2,1H3. The number of hydrogen-bond acceptors (Lipinski definition) is 3. The number of nitrogens with zero attached hydrogens (tertiary/aromatic N) is 2. The van der Waals surface area contributed by atoms with E-state index in [0.29, 0.717) is 10.5 Å². The molecule has 1 saturated carbocycles.